The lowest BCUT2D eigenvalue weighted by atomic mass is 10.2. The zero-order valence-corrected chi connectivity index (χ0v) is 13.5. The quantitative estimate of drug-likeness (QED) is 0.592. The topological polar surface area (TPSA) is 68.5 Å². The van der Waals surface area contributed by atoms with Crippen LogP contribution in [-0.2, 0) is 9.53 Å². The third-order valence-corrected chi connectivity index (χ3v) is 3.53. The van der Waals surface area contributed by atoms with Crippen LogP contribution in [0.1, 0.15) is 36.2 Å². The Bertz CT molecular complexity index is 679. The van der Waals surface area contributed by atoms with Gasteiger partial charge in [0.15, 0.2) is 5.76 Å². The Morgan fingerprint density at radius 3 is 2.54 bits per heavy atom. The maximum atomic E-state index is 12.9. The highest BCUT2D eigenvalue weighted by Gasteiger charge is 2.11. The van der Waals surface area contributed by atoms with Gasteiger partial charge in [-0.1, -0.05) is 6.42 Å². The third kappa shape index (κ3) is 5.22. The molecule has 6 heteroatoms. The number of nitrogens with one attached hydrogen (secondary N) is 1. The van der Waals surface area contributed by atoms with Crippen molar-refractivity contribution in [1.29, 1.82) is 0 Å². The molecule has 2 aromatic rings. The van der Waals surface area contributed by atoms with Crippen LogP contribution in [0.15, 0.2) is 40.8 Å². The van der Waals surface area contributed by atoms with Crippen molar-refractivity contribution in [3.8, 4) is 11.3 Å². The number of amides is 1. The largest absolute Gasteiger partial charge is 0.469 e. The number of carbonyl (C=O) groups is 2. The molecule has 0 spiro atoms. The Morgan fingerprint density at radius 1 is 1.08 bits per heavy atom. The van der Waals surface area contributed by atoms with Crippen LogP contribution in [0.5, 0.6) is 0 Å². The van der Waals surface area contributed by atoms with Gasteiger partial charge in [0, 0.05) is 18.5 Å². The Morgan fingerprint density at radius 2 is 1.83 bits per heavy atom. The highest BCUT2D eigenvalue weighted by Crippen LogP contribution is 2.22. The van der Waals surface area contributed by atoms with Gasteiger partial charge in [0.25, 0.3) is 5.91 Å². The van der Waals surface area contributed by atoms with E-state index in [9.17, 15) is 14.0 Å². The van der Waals surface area contributed by atoms with Crippen molar-refractivity contribution in [2.45, 2.75) is 25.7 Å². The molecule has 2 rings (SSSR count). The fourth-order valence-electron chi connectivity index (χ4n) is 2.19. The minimum atomic E-state index is -0.324. The van der Waals surface area contributed by atoms with Crippen LogP contribution in [0.2, 0.25) is 0 Å². The number of carbonyl (C=O) groups excluding carboxylic acids is 2. The van der Waals surface area contributed by atoms with Gasteiger partial charge in [0.05, 0.1) is 7.11 Å². The van der Waals surface area contributed by atoms with Crippen LogP contribution in [0.4, 0.5) is 4.39 Å². The second-order valence-electron chi connectivity index (χ2n) is 5.31. The van der Waals surface area contributed by atoms with Gasteiger partial charge in [-0.05, 0) is 49.2 Å². The fraction of sp³-hybridized carbons (Fsp3) is 0.333. The standard InChI is InChI=1S/C18H20FNO4/c1-23-17(21)5-3-2-4-12-20-18(22)16-11-10-15(24-16)13-6-8-14(19)9-7-13/h6-11H,2-5,12H2,1H3,(H,20,22). The van der Waals surface area contributed by atoms with Crippen molar-refractivity contribution in [2.75, 3.05) is 13.7 Å². The summed E-state index contributed by atoms with van der Waals surface area (Å²) in [6.07, 6.45) is 2.73. The summed E-state index contributed by atoms with van der Waals surface area (Å²) < 4.78 is 23.0. The summed E-state index contributed by atoms with van der Waals surface area (Å²) in [5, 5.41) is 2.77. The minimum Gasteiger partial charge on any atom is -0.469 e. The lowest BCUT2D eigenvalue weighted by Crippen LogP contribution is -2.23. The first kappa shape index (κ1) is 17.7. The first-order chi connectivity index (χ1) is 11.6. The van der Waals surface area contributed by atoms with Crippen LogP contribution >= 0.6 is 0 Å². The van der Waals surface area contributed by atoms with Crippen molar-refractivity contribution in [2.24, 2.45) is 0 Å². The van der Waals surface area contributed by atoms with Crippen molar-refractivity contribution >= 4 is 11.9 Å². The number of ether oxygens (including phenoxy) is 1. The maximum Gasteiger partial charge on any atom is 0.305 e. The van der Waals surface area contributed by atoms with E-state index in [1.165, 1.54) is 19.2 Å². The number of halogens is 1. The van der Waals surface area contributed by atoms with Crippen molar-refractivity contribution in [3.05, 3.63) is 48.0 Å². The molecule has 1 amide bonds. The Labute approximate surface area is 139 Å². The van der Waals surface area contributed by atoms with E-state index in [1.54, 1.807) is 24.3 Å². The molecule has 0 atom stereocenters. The van der Waals surface area contributed by atoms with E-state index in [4.69, 9.17) is 4.42 Å². The molecule has 1 N–H and O–H groups in total. The normalized spacial score (nSPS) is 10.4. The summed E-state index contributed by atoms with van der Waals surface area (Å²) in [4.78, 5) is 22.9. The van der Waals surface area contributed by atoms with Crippen LogP contribution in [0.3, 0.4) is 0 Å². The molecule has 1 aromatic carbocycles. The number of esters is 1. The smallest absolute Gasteiger partial charge is 0.305 e. The number of benzene rings is 1. The molecule has 1 heterocycles. The number of methoxy groups -OCH3 is 1. The van der Waals surface area contributed by atoms with Gasteiger partial charge in [-0.2, -0.15) is 0 Å². The molecule has 0 bridgehead atoms. The molecule has 0 aliphatic rings. The van der Waals surface area contributed by atoms with Crippen LogP contribution in [-0.4, -0.2) is 25.5 Å². The Kier molecular flexibility index (Phi) is 6.54. The second kappa shape index (κ2) is 8.86. The first-order valence-electron chi connectivity index (χ1n) is 7.81. The Balaban J connectivity index is 1.75. The molecular weight excluding hydrogens is 313 g/mol. The lowest BCUT2D eigenvalue weighted by molar-refractivity contribution is -0.140. The van der Waals surface area contributed by atoms with E-state index >= 15 is 0 Å². The average Bonchev–Trinajstić information content (AvgIpc) is 3.08. The minimum absolute atomic E-state index is 0.212. The molecule has 0 saturated carbocycles. The molecule has 0 radical (unpaired) electrons. The highest BCUT2D eigenvalue weighted by molar-refractivity contribution is 5.92. The summed E-state index contributed by atoms with van der Waals surface area (Å²) in [5.74, 6) is -0.114. The molecule has 5 nitrogen and oxygen atoms in total. The second-order valence-corrected chi connectivity index (χ2v) is 5.31. The molecule has 1 aromatic heterocycles. The summed E-state index contributed by atoms with van der Waals surface area (Å²) >= 11 is 0. The van der Waals surface area contributed by atoms with Crippen LogP contribution < -0.4 is 5.32 Å². The first-order valence-corrected chi connectivity index (χ1v) is 7.81. The number of furan rings is 1. The summed E-state index contributed by atoms with van der Waals surface area (Å²) in [6.45, 7) is 0.507. The zero-order valence-electron chi connectivity index (χ0n) is 13.5. The van der Waals surface area contributed by atoms with E-state index in [2.05, 4.69) is 10.1 Å². The molecule has 24 heavy (non-hydrogen) atoms. The maximum absolute atomic E-state index is 12.9. The molecule has 0 unspecified atom stereocenters. The molecule has 0 fully saturated rings. The Hall–Kier alpha value is -2.63. The molecule has 128 valence electrons. The van der Waals surface area contributed by atoms with Gasteiger partial charge in [0.2, 0.25) is 0 Å². The van der Waals surface area contributed by atoms with Crippen LogP contribution in [0.25, 0.3) is 11.3 Å². The summed E-state index contributed by atoms with van der Waals surface area (Å²) in [5.41, 5.74) is 0.707. The SMILES string of the molecule is COC(=O)CCCCCNC(=O)c1ccc(-c2ccc(F)cc2)o1. The third-order valence-electron chi connectivity index (χ3n) is 3.53. The van der Waals surface area contributed by atoms with E-state index in [1.807, 2.05) is 0 Å². The number of hydrogen-bond donors (Lipinski definition) is 1. The van der Waals surface area contributed by atoms with Crippen LogP contribution in [0, 0.1) is 5.82 Å². The lowest BCUT2D eigenvalue weighted by Gasteiger charge is -2.03. The predicted molar refractivity (Wildman–Crippen MR) is 86.9 cm³/mol. The monoisotopic (exact) mass is 333 g/mol. The van der Waals surface area contributed by atoms with E-state index in [0.717, 1.165) is 19.3 Å². The molecule has 0 aliphatic carbocycles. The highest BCUT2D eigenvalue weighted by atomic mass is 19.1. The van der Waals surface area contributed by atoms with Gasteiger partial charge in [-0.25, -0.2) is 4.39 Å². The number of unbranched alkanes of at least 4 members (excludes halogenated alkanes) is 2. The van der Waals surface area contributed by atoms with Gasteiger partial charge in [-0.15, -0.1) is 0 Å². The van der Waals surface area contributed by atoms with Gasteiger partial charge < -0.3 is 14.5 Å². The van der Waals surface area contributed by atoms with Crippen molar-refractivity contribution < 1.29 is 23.1 Å². The van der Waals surface area contributed by atoms with Gasteiger partial charge >= 0.3 is 5.97 Å². The van der Waals surface area contributed by atoms with Gasteiger partial charge in [-0.3, -0.25) is 9.59 Å². The molecular formula is C18H20FNO4. The summed E-state index contributed by atoms with van der Waals surface area (Å²) in [6, 6.07) is 9.13. The zero-order chi connectivity index (χ0) is 17.4. The van der Waals surface area contributed by atoms with E-state index in [-0.39, 0.29) is 23.5 Å². The van der Waals surface area contributed by atoms with E-state index < -0.39 is 0 Å². The predicted octanol–water partition coefficient (Wildman–Crippen LogP) is 3.55. The van der Waals surface area contributed by atoms with Crippen molar-refractivity contribution in [1.82, 2.24) is 5.32 Å². The van der Waals surface area contributed by atoms with Gasteiger partial charge in [0.1, 0.15) is 11.6 Å². The average molecular weight is 333 g/mol. The molecule has 0 aliphatic heterocycles. The summed E-state index contributed by atoms with van der Waals surface area (Å²) in [7, 11) is 1.37. The van der Waals surface area contributed by atoms with E-state index in [0.29, 0.717) is 24.3 Å². The molecule has 0 saturated heterocycles. The number of rotatable bonds is 8. The number of hydrogen-bond acceptors (Lipinski definition) is 4. The van der Waals surface area contributed by atoms with Crippen molar-refractivity contribution in [3.63, 3.8) is 0 Å². The fourth-order valence-corrected chi connectivity index (χ4v) is 2.19.